The van der Waals surface area contributed by atoms with Gasteiger partial charge in [-0.05, 0) is 32.8 Å². The first-order valence-electron chi connectivity index (χ1n) is 8.45. The first kappa shape index (κ1) is 19.0. The molecule has 25 heavy (non-hydrogen) atoms. The van der Waals surface area contributed by atoms with Crippen LogP contribution in [0.1, 0.15) is 39.2 Å². The number of amides is 1. The van der Waals surface area contributed by atoms with E-state index in [2.05, 4.69) is 0 Å². The van der Waals surface area contributed by atoms with Gasteiger partial charge in [-0.1, -0.05) is 30.3 Å². The van der Waals surface area contributed by atoms with Crippen molar-refractivity contribution in [3.8, 4) is 0 Å². The lowest BCUT2D eigenvalue weighted by Crippen LogP contribution is -2.34. The molecular formula is C19H25NO5. The average molecular weight is 347 g/mol. The molecule has 1 aromatic carbocycles. The van der Waals surface area contributed by atoms with E-state index >= 15 is 0 Å². The first-order valence-corrected chi connectivity index (χ1v) is 8.45. The van der Waals surface area contributed by atoms with Crippen molar-refractivity contribution in [2.45, 2.75) is 45.8 Å². The van der Waals surface area contributed by atoms with Crippen LogP contribution in [0.15, 0.2) is 30.3 Å². The summed E-state index contributed by atoms with van der Waals surface area (Å²) < 4.78 is 10.4. The molecule has 0 aromatic heterocycles. The van der Waals surface area contributed by atoms with Crippen molar-refractivity contribution in [2.75, 3.05) is 13.1 Å². The Labute approximate surface area is 148 Å². The Morgan fingerprint density at radius 2 is 1.84 bits per heavy atom. The van der Waals surface area contributed by atoms with Gasteiger partial charge >= 0.3 is 11.9 Å². The summed E-state index contributed by atoms with van der Waals surface area (Å²) >= 11 is 0. The lowest BCUT2D eigenvalue weighted by atomic mass is 10.0. The molecule has 0 saturated carbocycles. The monoisotopic (exact) mass is 347 g/mol. The SMILES string of the molecule is CC(C)(C)OC(=O)C[C@H]1CCN(CC(=O)OCc2ccccc2)C1=O. The predicted molar refractivity (Wildman–Crippen MR) is 91.4 cm³/mol. The molecule has 0 unspecified atom stereocenters. The van der Waals surface area contributed by atoms with Crippen molar-refractivity contribution in [3.63, 3.8) is 0 Å². The molecule has 1 amide bonds. The van der Waals surface area contributed by atoms with Crippen molar-refractivity contribution in [1.29, 1.82) is 0 Å². The summed E-state index contributed by atoms with van der Waals surface area (Å²) in [4.78, 5) is 37.6. The van der Waals surface area contributed by atoms with Crippen LogP contribution in [0.25, 0.3) is 0 Å². The lowest BCUT2D eigenvalue weighted by Gasteiger charge is -2.20. The summed E-state index contributed by atoms with van der Waals surface area (Å²) in [6, 6.07) is 9.36. The Hall–Kier alpha value is -2.37. The molecule has 0 aliphatic carbocycles. The number of carbonyl (C=O) groups is 3. The quantitative estimate of drug-likeness (QED) is 0.739. The highest BCUT2D eigenvalue weighted by Crippen LogP contribution is 2.23. The third-order valence-corrected chi connectivity index (χ3v) is 3.80. The number of hydrogen-bond donors (Lipinski definition) is 0. The minimum Gasteiger partial charge on any atom is -0.460 e. The van der Waals surface area contributed by atoms with E-state index in [0.29, 0.717) is 13.0 Å². The summed E-state index contributed by atoms with van der Waals surface area (Å²) in [5, 5.41) is 0. The minimum atomic E-state index is -0.570. The Morgan fingerprint density at radius 1 is 1.16 bits per heavy atom. The van der Waals surface area contributed by atoms with Gasteiger partial charge in [0.1, 0.15) is 18.8 Å². The molecule has 0 bridgehead atoms. The highest BCUT2D eigenvalue weighted by atomic mass is 16.6. The van der Waals surface area contributed by atoms with Gasteiger partial charge in [0.05, 0.1) is 12.3 Å². The maximum Gasteiger partial charge on any atom is 0.325 e. The number of hydrogen-bond acceptors (Lipinski definition) is 5. The normalized spacial score (nSPS) is 17.5. The molecule has 1 fully saturated rings. The zero-order valence-electron chi connectivity index (χ0n) is 15.0. The van der Waals surface area contributed by atoms with Crippen LogP contribution in [0.4, 0.5) is 0 Å². The number of ether oxygens (including phenoxy) is 2. The van der Waals surface area contributed by atoms with Gasteiger partial charge in [0.15, 0.2) is 0 Å². The molecule has 136 valence electrons. The van der Waals surface area contributed by atoms with Gasteiger partial charge in [-0.25, -0.2) is 0 Å². The van der Waals surface area contributed by atoms with Gasteiger partial charge < -0.3 is 14.4 Å². The third-order valence-electron chi connectivity index (χ3n) is 3.80. The van der Waals surface area contributed by atoms with E-state index in [1.54, 1.807) is 20.8 Å². The zero-order chi connectivity index (χ0) is 18.4. The first-order chi connectivity index (χ1) is 11.7. The largest absolute Gasteiger partial charge is 0.460 e. The predicted octanol–water partition coefficient (Wildman–Crippen LogP) is 2.31. The molecule has 1 aliphatic heterocycles. The van der Waals surface area contributed by atoms with Gasteiger partial charge in [0, 0.05) is 6.54 Å². The molecule has 6 heteroatoms. The molecule has 1 atom stereocenters. The highest BCUT2D eigenvalue weighted by molar-refractivity contribution is 5.88. The topological polar surface area (TPSA) is 72.9 Å². The number of esters is 2. The summed E-state index contributed by atoms with van der Waals surface area (Å²) in [5.41, 5.74) is 0.325. The van der Waals surface area contributed by atoms with Crippen molar-refractivity contribution < 1.29 is 23.9 Å². The number of likely N-dealkylation sites (tertiary alicyclic amines) is 1. The van der Waals surface area contributed by atoms with E-state index in [1.165, 1.54) is 4.90 Å². The van der Waals surface area contributed by atoms with E-state index in [1.807, 2.05) is 30.3 Å². The van der Waals surface area contributed by atoms with Crippen LogP contribution in [0, 0.1) is 5.92 Å². The van der Waals surface area contributed by atoms with Gasteiger partial charge in [0.2, 0.25) is 5.91 Å². The molecule has 0 spiro atoms. The molecule has 1 heterocycles. The average Bonchev–Trinajstić information content (AvgIpc) is 2.85. The molecule has 1 saturated heterocycles. The van der Waals surface area contributed by atoms with E-state index in [-0.39, 0.29) is 31.4 Å². The number of rotatable bonds is 6. The summed E-state index contributed by atoms with van der Waals surface area (Å²) in [7, 11) is 0. The second-order valence-corrected chi connectivity index (χ2v) is 7.18. The molecule has 6 nitrogen and oxygen atoms in total. The lowest BCUT2D eigenvalue weighted by molar-refractivity contribution is -0.157. The van der Waals surface area contributed by atoms with E-state index < -0.39 is 17.5 Å². The van der Waals surface area contributed by atoms with E-state index in [9.17, 15) is 14.4 Å². The molecule has 1 aliphatic rings. The molecular weight excluding hydrogens is 322 g/mol. The summed E-state index contributed by atoms with van der Waals surface area (Å²) in [6.45, 7) is 5.91. The van der Waals surface area contributed by atoms with Crippen molar-refractivity contribution in [3.05, 3.63) is 35.9 Å². The molecule has 2 rings (SSSR count). The Morgan fingerprint density at radius 3 is 2.48 bits per heavy atom. The molecule has 0 radical (unpaired) electrons. The van der Waals surface area contributed by atoms with Crippen LogP contribution >= 0.6 is 0 Å². The van der Waals surface area contributed by atoms with Crippen LogP contribution in [-0.2, 0) is 30.5 Å². The number of benzene rings is 1. The Bertz CT molecular complexity index is 620. The second kappa shape index (κ2) is 8.14. The van der Waals surface area contributed by atoms with Gasteiger partial charge in [0.25, 0.3) is 0 Å². The third kappa shape index (κ3) is 6.21. The maximum atomic E-state index is 12.3. The Balaban J connectivity index is 1.77. The summed E-state index contributed by atoms with van der Waals surface area (Å²) in [5.74, 6) is -1.45. The molecule has 0 N–H and O–H groups in total. The van der Waals surface area contributed by atoms with E-state index in [4.69, 9.17) is 9.47 Å². The van der Waals surface area contributed by atoms with Crippen LogP contribution in [0.5, 0.6) is 0 Å². The van der Waals surface area contributed by atoms with Gasteiger partial charge in [-0.15, -0.1) is 0 Å². The van der Waals surface area contributed by atoms with Gasteiger partial charge in [-0.3, -0.25) is 14.4 Å². The van der Waals surface area contributed by atoms with Crippen LogP contribution in [0.3, 0.4) is 0 Å². The smallest absolute Gasteiger partial charge is 0.325 e. The fraction of sp³-hybridized carbons (Fsp3) is 0.526. The summed E-state index contributed by atoms with van der Waals surface area (Å²) in [6.07, 6.45) is 0.593. The standard InChI is InChI=1S/C19H25NO5/c1-19(2,3)25-16(21)11-15-9-10-20(18(15)23)12-17(22)24-13-14-7-5-4-6-8-14/h4-8,15H,9-13H2,1-3H3/t15-/m1/s1. The number of nitrogens with zero attached hydrogens (tertiary/aromatic N) is 1. The molecule has 1 aromatic rings. The van der Waals surface area contributed by atoms with Crippen molar-refractivity contribution in [1.82, 2.24) is 4.90 Å². The zero-order valence-corrected chi connectivity index (χ0v) is 15.0. The van der Waals surface area contributed by atoms with Crippen molar-refractivity contribution in [2.24, 2.45) is 5.92 Å². The fourth-order valence-corrected chi connectivity index (χ4v) is 2.67. The Kier molecular flexibility index (Phi) is 6.17. The van der Waals surface area contributed by atoms with Crippen LogP contribution in [0.2, 0.25) is 0 Å². The van der Waals surface area contributed by atoms with Gasteiger partial charge in [-0.2, -0.15) is 0 Å². The second-order valence-electron chi connectivity index (χ2n) is 7.18. The highest BCUT2D eigenvalue weighted by Gasteiger charge is 2.35. The van der Waals surface area contributed by atoms with E-state index in [0.717, 1.165) is 5.56 Å². The van der Waals surface area contributed by atoms with Crippen LogP contribution < -0.4 is 0 Å². The van der Waals surface area contributed by atoms with Crippen LogP contribution in [-0.4, -0.2) is 41.4 Å². The van der Waals surface area contributed by atoms with Crippen molar-refractivity contribution >= 4 is 17.8 Å². The maximum absolute atomic E-state index is 12.3. The number of carbonyl (C=O) groups excluding carboxylic acids is 3. The minimum absolute atomic E-state index is 0.0473. The fourth-order valence-electron chi connectivity index (χ4n) is 2.67.